The quantitative estimate of drug-likeness (QED) is 0.0427. The van der Waals surface area contributed by atoms with Crippen LogP contribution in [0.2, 0.25) is 15.1 Å². The van der Waals surface area contributed by atoms with E-state index in [0.717, 1.165) is 78.9 Å². The molecule has 0 radical (unpaired) electrons. The fraction of sp³-hybridized carbons (Fsp3) is 0.390. The number of nitrogens with one attached hydrogen (secondary N) is 9. The Balaban J connectivity index is 0.997. The van der Waals surface area contributed by atoms with Crippen LogP contribution in [-0.2, 0) is 80.0 Å². The summed E-state index contributed by atoms with van der Waals surface area (Å²) < 4.78 is 54.6. The SMILES string of the molecule is CC(C)C[C@@H](C)C(=O)N[C@H]1C(=O)N[C@@H](CC(N)=O)C(=O)N[C@H]2C(=O)N[C@H]3C(=O)N[C@H](C(=O)N[C@@H](C(=O)NOCC(N)=O)c4cc(O)cc(O)c4-c4cc3ccc4O)[C@H](O)c3ccc(c(Cl)c3)Oc3cc2cc(c3O[C@@H]2O[C@H](CO)[C@@H](O)[C@H](O)[C@H]2O[C@H]2C[C@](C)(NCCn3ccc(NC(=O)Cc4ccc(Cl)c(F)c4)nc3=O)[C@H](O)[C@H](C)O2)Oc2ccc(cc2Cl)[C@H]1O. The number of aromatic hydroxyl groups is 3. The third-order valence-electron chi connectivity index (χ3n) is 21.4. The zero-order chi connectivity index (χ0) is 91.4. The van der Waals surface area contributed by atoms with Gasteiger partial charge >= 0.3 is 5.69 Å². The highest BCUT2D eigenvalue weighted by Gasteiger charge is 2.52. The van der Waals surface area contributed by atoms with E-state index in [9.17, 15) is 83.9 Å². The maximum atomic E-state index is 16.3. The van der Waals surface area contributed by atoms with Crippen molar-refractivity contribution < 1.29 is 132 Å². The number of nitrogens with two attached hydrogens (primary N) is 2. The number of benzene rings is 6. The molecule has 2 fully saturated rings. The number of hydrogen-bond acceptors (Lipinski definition) is 29. The highest BCUT2D eigenvalue weighted by atomic mass is 35.5. The molecule has 11 bridgehead atoms. The topological polar surface area (TPSA) is 613 Å². The first-order chi connectivity index (χ1) is 59.6. The largest absolute Gasteiger partial charge is 0.508 e. The summed E-state index contributed by atoms with van der Waals surface area (Å²) in [6.45, 7) is 6.06. The summed E-state index contributed by atoms with van der Waals surface area (Å²) in [5.74, 6) is -19.5. The molecule has 2 saturated heterocycles. The molecule has 40 nitrogen and oxygen atoms in total. The van der Waals surface area contributed by atoms with E-state index in [1.165, 1.54) is 42.0 Å². The van der Waals surface area contributed by atoms with Gasteiger partial charge in [0, 0.05) is 54.4 Å². The van der Waals surface area contributed by atoms with E-state index in [-0.39, 0.29) is 60.2 Å². The van der Waals surface area contributed by atoms with Gasteiger partial charge in [-0.2, -0.15) is 4.98 Å². The van der Waals surface area contributed by atoms with E-state index in [4.69, 9.17) is 79.5 Å². The molecule has 10 amide bonds. The minimum Gasteiger partial charge on any atom is -0.508 e. The second-order valence-corrected chi connectivity index (χ2v) is 32.5. The minimum atomic E-state index is -2.42. The number of amides is 10. The number of carbonyl (C=O) groups excluding carboxylic acids is 10. The summed E-state index contributed by atoms with van der Waals surface area (Å²) in [5, 5.41) is 126. The molecular weight excluding hydrogens is 1720 g/mol. The molecule has 0 aliphatic carbocycles. The maximum Gasteiger partial charge on any atom is 0.349 e. The molecule has 6 aromatic carbocycles. The Morgan fingerprint density at radius 1 is 0.698 bits per heavy atom. The van der Waals surface area contributed by atoms with Gasteiger partial charge in [-0.3, -0.25) is 57.4 Å². The van der Waals surface area contributed by atoms with Crippen LogP contribution in [0.3, 0.4) is 0 Å². The predicted molar refractivity (Wildman–Crippen MR) is 437 cm³/mol. The third kappa shape index (κ3) is 21.2. The molecule has 0 unspecified atom stereocenters. The number of rotatable bonds is 22. The molecular formula is C82H89Cl3FN13O27. The zero-order valence-electron chi connectivity index (χ0n) is 67.4. The van der Waals surface area contributed by atoms with E-state index in [0.29, 0.717) is 5.56 Å². The molecule has 44 heteroatoms. The zero-order valence-corrected chi connectivity index (χ0v) is 69.6. The predicted octanol–water partition coefficient (Wildman–Crippen LogP) is 1.46. The van der Waals surface area contributed by atoms with Crippen molar-refractivity contribution in [2.24, 2.45) is 23.3 Å². The Labute approximate surface area is 729 Å². The first-order valence-electron chi connectivity index (χ1n) is 39.2. The van der Waals surface area contributed by atoms with Crippen LogP contribution in [0.25, 0.3) is 11.1 Å². The van der Waals surface area contributed by atoms with Gasteiger partial charge in [0.15, 0.2) is 30.5 Å². The molecule has 7 aliphatic heterocycles. The molecule has 7 aromatic rings. The fourth-order valence-corrected chi connectivity index (χ4v) is 15.6. The van der Waals surface area contributed by atoms with Crippen molar-refractivity contribution >= 4 is 99.7 Å². The molecule has 0 saturated carbocycles. The van der Waals surface area contributed by atoms with Crippen LogP contribution in [0.4, 0.5) is 10.2 Å². The Morgan fingerprint density at radius 3 is 1.98 bits per heavy atom. The van der Waals surface area contributed by atoms with Crippen LogP contribution in [0.15, 0.2) is 114 Å². The van der Waals surface area contributed by atoms with Gasteiger partial charge in [0.1, 0.15) is 107 Å². The number of carbonyl (C=O) groups is 10. The van der Waals surface area contributed by atoms with Gasteiger partial charge in [0.25, 0.3) is 5.91 Å². The molecule has 22 N–H and O–H groups in total. The fourth-order valence-electron chi connectivity index (χ4n) is 15.1. The molecule has 0 spiro atoms. The van der Waals surface area contributed by atoms with Crippen molar-refractivity contribution in [3.05, 3.63) is 174 Å². The summed E-state index contributed by atoms with van der Waals surface area (Å²) in [4.78, 5) is 167. The third-order valence-corrected chi connectivity index (χ3v) is 22.3. The average Bonchev–Trinajstić information content (AvgIpc) is 0.761. The molecule has 7 aliphatic rings. The van der Waals surface area contributed by atoms with Crippen LogP contribution >= 0.6 is 34.8 Å². The van der Waals surface area contributed by atoms with Gasteiger partial charge < -0.3 is 128 Å². The van der Waals surface area contributed by atoms with Crippen molar-refractivity contribution in [3.63, 3.8) is 0 Å². The van der Waals surface area contributed by atoms with E-state index in [1.54, 1.807) is 13.8 Å². The van der Waals surface area contributed by atoms with Crippen molar-refractivity contribution in [1.29, 1.82) is 0 Å². The van der Waals surface area contributed by atoms with E-state index in [1.807, 2.05) is 19.3 Å². The first-order valence-corrected chi connectivity index (χ1v) is 40.3. The number of nitrogens with zero attached hydrogens (tertiary/aromatic N) is 2. The number of aliphatic hydroxyl groups excluding tert-OH is 6. The van der Waals surface area contributed by atoms with Crippen molar-refractivity contribution in [2.75, 3.05) is 25.1 Å². The number of ether oxygens (including phenoxy) is 6. The lowest BCUT2D eigenvalue weighted by Crippen LogP contribution is -2.65. The normalized spacial score (nSPS) is 25.8. The Bertz CT molecular complexity index is 5470. The number of aliphatic hydroxyl groups is 6. The highest BCUT2D eigenvalue weighted by Crippen LogP contribution is 2.50. The van der Waals surface area contributed by atoms with Crippen LogP contribution in [0.5, 0.6) is 46.0 Å². The second-order valence-electron chi connectivity index (χ2n) is 31.3. The van der Waals surface area contributed by atoms with Crippen LogP contribution in [-0.4, -0.2) is 207 Å². The smallest absolute Gasteiger partial charge is 0.349 e. The maximum absolute atomic E-state index is 16.3. The van der Waals surface area contributed by atoms with Gasteiger partial charge in [-0.1, -0.05) is 79.8 Å². The number of aromatic nitrogens is 2. The van der Waals surface area contributed by atoms with Gasteiger partial charge in [-0.05, 0) is 132 Å². The molecule has 14 rings (SSSR count). The van der Waals surface area contributed by atoms with Crippen LogP contribution in [0, 0.1) is 17.7 Å². The minimum absolute atomic E-state index is 0.0711. The number of fused-ring (bicyclic) bond motifs is 15. The molecule has 18 atom stereocenters. The summed E-state index contributed by atoms with van der Waals surface area (Å²) in [7, 11) is 0. The lowest BCUT2D eigenvalue weighted by molar-refractivity contribution is -0.334. The second kappa shape index (κ2) is 39.3. The molecule has 8 heterocycles. The Kier molecular flexibility index (Phi) is 29.1. The number of hydrogen-bond donors (Lipinski definition) is 20. The lowest BCUT2D eigenvalue weighted by atomic mass is 9.85. The average molecular weight is 1810 g/mol. The lowest BCUT2D eigenvalue weighted by Gasteiger charge is -2.48. The van der Waals surface area contributed by atoms with Gasteiger partial charge in [0.05, 0.1) is 46.7 Å². The van der Waals surface area contributed by atoms with E-state index < -0.39 is 283 Å². The monoisotopic (exact) mass is 1810 g/mol. The number of phenolic OH excluding ortho intramolecular Hbond substituents is 3. The van der Waals surface area contributed by atoms with Crippen molar-refractivity contribution in [3.8, 4) is 57.1 Å². The Hall–Kier alpha value is -11.9. The van der Waals surface area contributed by atoms with Crippen LogP contribution in [0.1, 0.15) is 118 Å². The number of phenols is 3. The summed E-state index contributed by atoms with van der Waals surface area (Å²) in [6, 6.07) is 4.97. The molecule has 672 valence electrons. The number of primary amides is 2. The highest BCUT2D eigenvalue weighted by molar-refractivity contribution is 6.32. The van der Waals surface area contributed by atoms with Crippen molar-refractivity contribution in [1.82, 2.24) is 52.2 Å². The molecule has 1 aromatic heterocycles. The summed E-state index contributed by atoms with van der Waals surface area (Å²) in [5.41, 5.74) is 7.95. The van der Waals surface area contributed by atoms with Gasteiger partial charge in [-0.25, -0.2) is 14.7 Å². The summed E-state index contributed by atoms with van der Waals surface area (Å²) >= 11 is 20.1. The standard InChI is InChI=1S/C82H89Cl3FN13O27/c1-32(2)18-33(3)73(112)96-64-66(107)37-8-12-50(44(84)22-37)122-52-24-39-25-53(70(52)126-80-71(69(110)68(109)54(30-100)124-80)125-59-29-82(5,72(111)34(4)121-59)89-15-17-99-16-14-57(92-81(99)119)91-58(106)20-35-6-10-43(83)46(86)19-35)123-51-13-9-38(23-45(51)85)67(108)65-78(117)95-63(79(118)98-120-31-56(88)105)42-26-40(101)27-49(103)60(42)41-21-36(7-11-48(41)102)61(75(114)97-65)94-76(115)62(39)93-74(113)47(28-55(87)104)90-77(64)116/h6-14,16,19,21-27,32-34,47,54,59,61-69,71-72,80,89,100-103,107-111H,15,17-18,20,28-31H2,1-5H3,(H2,87,104)(H2,88,105)(H,90,116)(H,93,113)(H,94,115)(H,95,117)(H,96,112)(H,97,114)(H,98,118)(H,91,92,106,119)/t33-,34+,47+,54-,59+,61-,62-,63-,64-,65+,66-,67-,68-,69+,71-,72-,80+,82+/m1/s1. The number of hydroxylamine groups is 1. The van der Waals surface area contributed by atoms with Gasteiger partial charge in [0.2, 0.25) is 65.2 Å². The number of anilines is 1. The van der Waals surface area contributed by atoms with E-state index >= 15 is 19.2 Å². The van der Waals surface area contributed by atoms with E-state index in [2.05, 4.69) is 47.5 Å². The van der Waals surface area contributed by atoms with Gasteiger partial charge in [-0.15, -0.1) is 0 Å². The van der Waals surface area contributed by atoms with Crippen molar-refractivity contribution in [2.45, 2.75) is 170 Å². The van der Waals surface area contributed by atoms with Crippen LogP contribution < -0.4 is 79.4 Å². The summed E-state index contributed by atoms with van der Waals surface area (Å²) in [6.07, 6.45) is -18.7. The first kappa shape index (κ1) is 93.2. The Morgan fingerprint density at radius 2 is 1.35 bits per heavy atom. The number of halogens is 4. The molecule has 126 heavy (non-hydrogen) atoms.